The minimum atomic E-state index is 0.367. The quantitative estimate of drug-likeness (QED) is 0.837. The highest BCUT2D eigenvalue weighted by Crippen LogP contribution is 2.17. The van der Waals surface area contributed by atoms with Crippen LogP contribution in [0.15, 0.2) is 11.6 Å². The molecule has 1 saturated heterocycles. The summed E-state index contributed by atoms with van der Waals surface area (Å²) in [4.78, 5) is 4.29. The number of ether oxygens (including phenoxy) is 1. The van der Waals surface area contributed by atoms with E-state index in [-0.39, 0.29) is 0 Å². The van der Waals surface area contributed by atoms with Gasteiger partial charge in [-0.25, -0.2) is 4.98 Å². The van der Waals surface area contributed by atoms with Crippen molar-refractivity contribution >= 4 is 11.3 Å². The average Bonchev–Trinajstić information content (AvgIpc) is 2.90. The Morgan fingerprint density at radius 2 is 2.67 bits per heavy atom. The molecule has 0 aliphatic carbocycles. The summed E-state index contributed by atoms with van der Waals surface area (Å²) in [6, 6.07) is 0.367. The van der Waals surface area contributed by atoms with Gasteiger partial charge in [0.2, 0.25) is 0 Å². The van der Waals surface area contributed by atoms with Crippen LogP contribution >= 0.6 is 11.3 Å². The minimum Gasteiger partial charge on any atom is -0.378 e. The Hall–Kier alpha value is -0.450. The molecule has 0 amide bonds. The molecule has 0 bridgehead atoms. The van der Waals surface area contributed by atoms with Gasteiger partial charge in [0.15, 0.2) is 0 Å². The van der Waals surface area contributed by atoms with Gasteiger partial charge in [-0.15, -0.1) is 11.3 Å². The van der Waals surface area contributed by atoms with E-state index in [2.05, 4.69) is 17.2 Å². The molecule has 2 heterocycles. The van der Waals surface area contributed by atoms with Crippen LogP contribution in [0, 0.1) is 0 Å². The van der Waals surface area contributed by atoms with Crippen LogP contribution in [0.25, 0.3) is 0 Å². The first-order chi connectivity index (χ1) is 7.36. The monoisotopic (exact) mass is 226 g/mol. The molecule has 15 heavy (non-hydrogen) atoms. The van der Waals surface area contributed by atoms with E-state index < -0.39 is 0 Å². The summed E-state index contributed by atoms with van der Waals surface area (Å²) in [5.41, 5.74) is 0. The minimum absolute atomic E-state index is 0.367. The zero-order valence-corrected chi connectivity index (χ0v) is 9.93. The van der Waals surface area contributed by atoms with Crippen molar-refractivity contribution in [3.63, 3.8) is 0 Å². The number of rotatable bonds is 5. The maximum absolute atomic E-state index is 5.57. The average molecular weight is 226 g/mol. The normalized spacial score (nSPS) is 23.1. The standard InChI is InChI=1S/C11H18N2OS/c1-9(11-13-6-8-15-11)12-5-4-10-3-2-7-14-10/h6,8-10,12H,2-5,7H2,1H3. The summed E-state index contributed by atoms with van der Waals surface area (Å²) in [6.45, 7) is 4.13. The van der Waals surface area contributed by atoms with Crippen molar-refractivity contribution < 1.29 is 4.74 Å². The summed E-state index contributed by atoms with van der Waals surface area (Å²) >= 11 is 1.71. The van der Waals surface area contributed by atoms with Gasteiger partial charge in [-0.3, -0.25) is 0 Å². The maximum Gasteiger partial charge on any atom is 0.109 e. The SMILES string of the molecule is CC(NCCC1CCCO1)c1nccs1. The molecule has 2 rings (SSSR count). The van der Waals surface area contributed by atoms with Gasteiger partial charge >= 0.3 is 0 Å². The van der Waals surface area contributed by atoms with Crippen LogP contribution in [0.2, 0.25) is 0 Å². The van der Waals surface area contributed by atoms with Crippen LogP contribution in [0.4, 0.5) is 0 Å². The Bertz CT molecular complexity index is 270. The lowest BCUT2D eigenvalue weighted by atomic mass is 10.2. The Morgan fingerprint density at radius 1 is 1.73 bits per heavy atom. The van der Waals surface area contributed by atoms with Crippen LogP contribution < -0.4 is 5.32 Å². The topological polar surface area (TPSA) is 34.1 Å². The Kier molecular flexibility index (Phi) is 4.11. The molecule has 0 spiro atoms. The number of hydrogen-bond acceptors (Lipinski definition) is 4. The van der Waals surface area contributed by atoms with E-state index in [0.717, 1.165) is 19.6 Å². The highest BCUT2D eigenvalue weighted by atomic mass is 32.1. The molecular weight excluding hydrogens is 208 g/mol. The molecule has 0 aromatic carbocycles. The highest BCUT2D eigenvalue weighted by Gasteiger charge is 2.15. The molecule has 3 nitrogen and oxygen atoms in total. The largest absolute Gasteiger partial charge is 0.378 e. The first kappa shape index (κ1) is 11.0. The zero-order chi connectivity index (χ0) is 10.5. The molecule has 1 fully saturated rings. The molecule has 0 saturated carbocycles. The second-order valence-electron chi connectivity index (χ2n) is 3.97. The van der Waals surface area contributed by atoms with Crippen molar-refractivity contribution in [3.8, 4) is 0 Å². The number of nitrogens with one attached hydrogen (secondary N) is 1. The molecule has 2 atom stereocenters. The lowest BCUT2D eigenvalue weighted by Crippen LogP contribution is -2.23. The van der Waals surface area contributed by atoms with E-state index in [1.165, 1.54) is 17.8 Å². The highest BCUT2D eigenvalue weighted by molar-refractivity contribution is 7.09. The van der Waals surface area contributed by atoms with Gasteiger partial charge in [0.25, 0.3) is 0 Å². The second-order valence-corrected chi connectivity index (χ2v) is 4.90. The first-order valence-electron chi connectivity index (χ1n) is 5.60. The van der Waals surface area contributed by atoms with Gasteiger partial charge in [0, 0.05) is 18.2 Å². The summed E-state index contributed by atoms with van der Waals surface area (Å²) < 4.78 is 5.57. The van der Waals surface area contributed by atoms with Gasteiger partial charge in [-0.2, -0.15) is 0 Å². The van der Waals surface area contributed by atoms with Crippen molar-refractivity contribution in [3.05, 3.63) is 16.6 Å². The summed E-state index contributed by atoms with van der Waals surface area (Å²) in [5, 5.41) is 6.67. The van der Waals surface area contributed by atoms with Crippen LogP contribution in [0.5, 0.6) is 0 Å². The van der Waals surface area contributed by atoms with E-state index in [0.29, 0.717) is 12.1 Å². The third-order valence-electron chi connectivity index (χ3n) is 2.76. The van der Waals surface area contributed by atoms with Gasteiger partial charge in [0.05, 0.1) is 12.1 Å². The predicted molar refractivity (Wildman–Crippen MR) is 62.1 cm³/mol. The summed E-state index contributed by atoms with van der Waals surface area (Å²) in [6.07, 6.45) is 5.93. The van der Waals surface area contributed by atoms with Crippen LogP contribution in [-0.4, -0.2) is 24.2 Å². The van der Waals surface area contributed by atoms with Crippen molar-refractivity contribution in [2.45, 2.75) is 38.3 Å². The molecule has 1 aliphatic rings. The molecular formula is C11H18N2OS. The van der Waals surface area contributed by atoms with E-state index in [1.807, 2.05) is 11.6 Å². The molecule has 1 aliphatic heterocycles. The molecule has 1 aromatic heterocycles. The van der Waals surface area contributed by atoms with Gasteiger partial charge < -0.3 is 10.1 Å². The molecule has 2 unspecified atom stereocenters. The maximum atomic E-state index is 5.57. The smallest absolute Gasteiger partial charge is 0.109 e. The van der Waals surface area contributed by atoms with E-state index >= 15 is 0 Å². The molecule has 1 aromatic rings. The third-order valence-corrected chi connectivity index (χ3v) is 3.72. The Morgan fingerprint density at radius 3 is 3.33 bits per heavy atom. The van der Waals surface area contributed by atoms with Crippen LogP contribution in [-0.2, 0) is 4.74 Å². The fourth-order valence-corrected chi connectivity index (χ4v) is 2.54. The van der Waals surface area contributed by atoms with Crippen molar-refractivity contribution in [2.24, 2.45) is 0 Å². The summed E-state index contributed by atoms with van der Waals surface area (Å²) in [5.74, 6) is 0. The lowest BCUT2D eigenvalue weighted by Gasteiger charge is -2.13. The second kappa shape index (κ2) is 5.58. The number of hydrogen-bond donors (Lipinski definition) is 1. The van der Waals surface area contributed by atoms with E-state index in [9.17, 15) is 0 Å². The first-order valence-corrected chi connectivity index (χ1v) is 6.48. The molecule has 84 valence electrons. The van der Waals surface area contributed by atoms with Crippen molar-refractivity contribution in [2.75, 3.05) is 13.2 Å². The van der Waals surface area contributed by atoms with Gasteiger partial charge in [-0.05, 0) is 32.7 Å². The number of thiazole rings is 1. The molecule has 1 N–H and O–H groups in total. The van der Waals surface area contributed by atoms with E-state index in [1.54, 1.807) is 11.3 Å². The fraction of sp³-hybridized carbons (Fsp3) is 0.727. The Balaban J connectivity index is 1.65. The van der Waals surface area contributed by atoms with Crippen LogP contribution in [0.3, 0.4) is 0 Å². The fourth-order valence-electron chi connectivity index (χ4n) is 1.87. The number of aromatic nitrogens is 1. The molecule has 0 radical (unpaired) electrons. The third kappa shape index (κ3) is 3.26. The van der Waals surface area contributed by atoms with Crippen molar-refractivity contribution in [1.82, 2.24) is 10.3 Å². The van der Waals surface area contributed by atoms with Crippen molar-refractivity contribution in [1.29, 1.82) is 0 Å². The van der Waals surface area contributed by atoms with Crippen LogP contribution in [0.1, 0.15) is 37.2 Å². The number of nitrogens with zero attached hydrogens (tertiary/aromatic N) is 1. The van der Waals surface area contributed by atoms with E-state index in [4.69, 9.17) is 4.74 Å². The predicted octanol–water partition coefficient (Wildman–Crippen LogP) is 2.36. The van der Waals surface area contributed by atoms with Gasteiger partial charge in [0.1, 0.15) is 5.01 Å². The zero-order valence-electron chi connectivity index (χ0n) is 9.11. The summed E-state index contributed by atoms with van der Waals surface area (Å²) in [7, 11) is 0. The lowest BCUT2D eigenvalue weighted by molar-refractivity contribution is 0.103. The van der Waals surface area contributed by atoms with Gasteiger partial charge in [-0.1, -0.05) is 0 Å². The Labute approximate surface area is 94.9 Å². The molecule has 4 heteroatoms.